The standard InChI is InChI=1S/C25H12Cl4N2O8/c26-19(32)10-1-11(20(27)33)7-17(6-10)30-23(36)14-3-15(5-16(4-14)25(38)39)24(37)31-18-8-12(21(28)34)2-13(9-18)22(29)35/h1-9H,(H,30,36)(H,31,37)(H,38,39). The number of carboxylic acids is 1. The van der Waals surface area contributed by atoms with Crippen molar-refractivity contribution < 1.29 is 38.7 Å². The monoisotopic (exact) mass is 608 g/mol. The van der Waals surface area contributed by atoms with Crippen LogP contribution in [-0.2, 0) is 0 Å². The lowest BCUT2D eigenvalue weighted by Crippen LogP contribution is -2.18. The summed E-state index contributed by atoms with van der Waals surface area (Å²) in [7, 11) is 0. The summed E-state index contributed by atoms with van der Waals surface area (Å²) >= 11 is 21.9. The molecule has 0 radical (unpaired) electrons. The Hall–Kier alpha value is -4.09. The van der Waals surface area contributed by atoms with E-state index < -0.39 is 44.3 Å². The second-order valence-corrected chi connectivity index (χ2v) is 9.08. The number of rotatable bonds is 9. The van der Waals surface area contributed by atoms with Gasteiger partial charge in [-0.2, -0.15) is 0 Å². The van der Waals surface area contributed by atoms with Gasteiger partial charge < -0.3 is 15.7 Å². The largest absolute Gasteiger partial charge is 0.478 e. The number of carbonyl (C=O) groups excluding carboxylic acids is 6. The number of carboxylic acid groups (broad SMARTS) is 1. The lowest BCUT2D eigenvalue weighted by atomic mass is 10.0. The van der Waals surface area contributed by atoms with Gasteiger partial charge in [-0.05, 0) is 101 Å². The molecule has 0 fully saturated rings. The zero-order valence-electron chi connectivity index (χ0n) is 19.0. The van der Waals surface area contributed by atoms with E-state index in [4.69, 9.17) is 46.4 Å². The smallest absolute Gasteiger partial charge is 0.335 e. The molecule has 10 nitrogen and oxygen atoms in total. The van der Waals surface area contributed by atoms with Crippen LogP contribution < -0.4 is 10.6 Å². The maximum atomic E-state index is 12.9. The van der Waals surface area contributed by atoms with E-state index in [-0.39, 0.29) is 44.8 Å². The zero-order valence-corrected chi connectivity index (χ0v) is 22.0. The summed E-state index contributed by atoms with van der Waals surface area (Å²) in [6.45, 7) is 0. The van der Waals surface area contributed by atoms with E-state index in [1.165, 1.54) is 0 Å². The van der Waals surface area contributed by atoms with Gasteiger partial charge in [-0.3, -0.25) is 28.8 Å². The first-order valence-corrected chi connectivity index (χ1v) is 11.9. The van der Waals surface area contributed by atoms with E-state index in [1.54, 1.807) is 0 Å². The second-order valence-electron chi connectivity index (χ2n) is 7.71. The average molecular weight is 610 g/mol. The summed E-state index contributed by atoms with van der Waals surface area (Å²) in [5, 5.41) is 10.5. The maximum absolute atomic E-state index is 12.9. The summed E-state index contributed by atoms with van der Waals surface area (Å²) in [4.78, 5) is 83.9. The van der Waals surface area contributed by atoms with E-state index in [1.807, 2.05) is 0 Å². The first kappa shape index (κ1) is 29.5. The molecule has 0 aliphatic rings. The fourth-order valence-electron chi connectivity index (χ4n) is 3.27. The third-order valence-corrected chi connectivity index (χ3v) is 5.87. The number of anilines is 2. The highest BCUT2D eigenvalue weighted by atomic mass is 35.5. The number of carbonyl (C=O) groups is 7. The Morgan fingerprint density at radius 2 is 0.692 bits per heavy atom. The SMILES string of the molecule is O=C(O)c1cc(C(=O)Nc2cc(C(=O)Cl)cc(C(=O)Cl)c2)cc(C(=O)Nc2cc(C(=O)Cl)cc(C(=O)Cl)c2)c1. The van der Waals surface area contributed by atoms with Gasteiger partial charge >= 0.3 is 5.97 Å². The van der Waals surface area contributed by atoms with Crippen LogP contribution in [0.1, 0.15) is 72.5 Å². The number of nitrogens with one attached hydrogen (secondary N) is 2. The van der Waals surface area contributed by atoms with Crippen LogP contribution in [0.3, 0.4) is 0 Å². The molecular weight excluding hydrogens is 598 g/mol. The van der Waals surface area contributed by atoms with E-state index >= 15 is 0 Å². The van der Waals surface area contributed by atoms with Crippen LogP contribution in [0.5, 0.6) is 0 Å². The Morgan fingerprint density at radius 3 is 0.949 bits per heavy atom. The Morgan fingerprint density at radius 1 is 0.436 bits per heavy atom. The molecule has 39 heavy (non-hydrogen) atoms. The molecule has 3 N–H and O–H groups in total. The highest BCUT2D eigenvalue weighted by Crippen LogP contribution is 2.22. The molecule has 0 bridgehead atoms. The highest BCUT2D eigenvalue weighted by Gasteiger charge is 2.19. The molecule has 0 saturated carbocycles. The van der Waals surface area contributed by atoms with Gasteiger partial charge in [-0.25, -0.2) is 4.79 Å². The maximum Gasteiger partial charge on any atom is 0.335 e. The molecule has 0 saturated heterocycles. The molecule has 14 heteroatoms. The predicted molar refractivity (Wildman–Crippen MR) is 143 cm³/mol. The molecule has 0 atom stereocenters. The minimum atomic E-state index is -1.46. The van der Waals surface area contributed by atoms with Crippen molar-refractivity contribution in [1.29, 1.82) is 0 Å². The molecule has 2 amide bonds. The van der Waals surface area contributed by atoms with Gasteiger partial charge in [-0.15, -0.1) is 0 Å². The number of benzene rings is 3. The molecular formula is C25H12Cl4N2O8. The summed E-state index contributed by atoms with van der Waals surface area (Å²) in [6, 6.07) is 9.89. The van der Waals surface area contributed by atoms with Crippen LogP contribution in [0.4, 0.5) is 11.4 Å². The third kappa shape index (κ3) is 7.49. The minimum absolute atomic E-state index is 0.0666. The van der Waals surface area contributed by atoms with Crippen LogP contribution in [0.25, 0.3) is 0 Å². The van der Waals surface area contributed by atoms with Crippen molar-refractivity contribution in [3.05, 3.63) is 93.5 Å². The molecule has 0 aliphatic heterocycles. The number of amides is 2. The summed E-state index contributed by atoms with van der Waals surface area (Å²) in [5.41, 5.74) is -1.74. The number of aromatic carboxylic acids is 1. The fraction of sp³-hybridized carbons (Fsp3) is 0. The highest BCUT2D eigenvalue weighted by molar-refractivity contribution is 6.70. The van der Waals surface area contributed by atoms with Crippen molar-refractivity contribution >= 4 is 96.5 Å². The van der Waals surface area contributed by atoms with Crippen LogP contribution in [0.15, 0.2) is 54.6 Å². The molecule has 3 aromatic carbocycles. The van der Waals surface area contributed by atoms with Crippen molar-refractivity contribution in [2.45, 2.75) is 0 Å². The minimum Gasteiger partial charge on any atom is -0.478 e. The lowest BCUT2D eigenvalue weighted by Gasteiger charge is -2.11. The van der Waals surface area contributed by atoms with Crippen molar-refractivity contribution in [1.82, 2.24) is 0 Å². The zero-order chi connectivity index (χ0) is 29.0. The molecule has 3 rings (SSSR count). The molecule has 0 unspecified atom stereocenters. The van der Waals surface area contributed by atoms with E-state index in [9.17, 15) is 38.7 Å². The van der Waals surface area contributed by atoms with Crippen molar-refractivity contribution in [2.75, 3.05) is 10.6 Å². The molecule has 0 aliphatic carbocycles. The average Bonchev–Trinajstić information content (AvgIpc) is 2.87. The summed E-state index contributed by atoms with van der Waals surface area (Å²) in [5.74, 6) is -3.29. The lowest BCUT2D eigenvalue weighted by molar-refractivity contribution is 0.0696. The fourth-order valence-corrected chi connectivity index (χ4v) is 3.71. The van der Waals surface area contributed by atoms with Gasteiger partial charge in [0.05, 0.1) is 5.56 Å². The third-order valence-electron chi connectivity index (χ3n) is 4.99. The Labute approximate surface area is 238 Å². The van der Waals surface area contributed by atoms with Crippen LogP contribution in [-0.4, -0.2) is 43.9 Å². The molecule has 0 heterocycles. The van der Waals surface area contributed by atoms with Crippen LogP contribution in [0, 0.1) is 0 Å². The quantitative estimate of drug-likeness (QED) is 0.271. The first-order valence-electron chi connectivity index (χ1n) is 10.4. The van der Waals surface area contributed by atoms with Crippen LogP contribution >= 0.6 is 46.4 Å². The van der Waals surface area contributed by atoms with E-state index in [0.29, 0.717) is 0 Å². The molecule has 198 valence electrons. The Balaban J connectivity index is 1.98. The normalized spacial score (nSPS) is 10.4. The van der Waals surface area contributed by atoms with E-state index in [2.05, 4.69) is 10.6 Å². The van der Waals surface area contributed by atoms with Crippen LogP contribution in [0.2, 0.25) is 0 Å². The summed E-state index contributed by atoms with van der Waals surface area (Å²) < 4.78 is 0. The van der Waals surface area contributed by atoms with Gasteiger partial charge in [-0.1, -0.05) is 0 Å². The van der Waals surface area contributed by atoms with Gasteiger partial charge in [0.15, 0.2) is 0 Å². The second kappa shape index (κ2) is 12.2. The number of hydrogen-bond donors (Lipinski definition) is 3. The summed E-state index contributed by atoms with van der Waals surface area (Å²) in [6.07, 6.45) is 0. The number of hydrogen-bond acceptors (Lipinski definition) is 7. The molecule has 3 aromatic rings. The van der Waals surface area contributed by atoms with Crippen molar-refractivity contribution in [3.63, 3.8) is 0 Å². The molecule has 0 aromatic heterocycles. The van der Waals surface area contributed by atoms with Gasteiger partial charge in [0.25, 0.3) is 32.8 Å². The van der Waals surface area contributed by atoms with Crippen molar-refractivity contribution in [2.24, 2.45) is 0 Å². The van der Waals surface area contributed by atoms with Crippen molar-refractivity contribution in [3.8, 4) is 0 Å². The van der Waals surface area contributed by atoms with E-state index in [0.717, 1.165) is 54.6 Å². The van der Waals surface area contributed by atoms with Gasteiger partial charge in [0.1, 0.15) is 0 Å². The Kier molecular flexibility index (Phi) is 9.20. The molecule has 0 spiro atoms. The van der Waals surface area contributed by atoms with Gasteiger partial charge in [0.2, 0.25) is 0 Å². The van der Waals surface area contributed by atoms with Gasteiger partial charge in [0, 0.05) is 44.8 Å². The number of halogens is 4. The predicted octanol–water partition coefficient (Wildman–Crippen LogP) is 5.41. The first-order chi connectivity index (χ1) is 18.2. The Bertz CT molecular complexity index is 1430. The topological polar surface area (TPSA) is 164 Å².